The van der Waals surface area contributed by atoms with Crippen molar-refractivity contribution in [2.24, 2.45) is 9.50 Å². The number of hydrogen-bond acceptors (Lipinski definition) is 4. The number of hydrogen-bond donors (Lipinski definition) is 2. The first-order valence-corrected chi connectivity index (χ1v) is 11.6. The van der Waals surface area contributed by atoms with E-state index in [1.165, 1.54) is 6.20 Å². The lowest BCUT2D eigenvalue weighted by molar-refractivity contribution is 0.132. The predicted octanol–water partition coefficient (Wildman–Crippen LogP) is 2.91. The molecule has 0 radical (unpaired) electrons. The molecular weight excluding hydrogens is 409 g/mol. The van der Waals surface area contributed by atoms with Crippen LogP contribution in [0.3, 0.4) is 0 Å². The summed E-state index contributed by atoms with van der Waals surface area (Å²) < 4.78 is 38.3. The molecule has 0 bridgehead atoms. The van der Waals surface area contributed by atoms with Crippen LogP contribution in [-0.2, 0) is 42.1 Å². The van der Waals surface area contributed by atoms with Gasteiger partial charge in [0.1, 0.15) is 16.7 Å². The maximum atomic E-state index is 14.0. The molecule has 0 fully saturated rings. The van der Waals surface area contributed by atoms with Gasteiger partial charge in [0.15, 0.2) is 9.92 Å². The summed E-state index contributed by atoms with van der Waals surface area (Å²) in [5.41, 5.74) is 4.00. The van der Waals surface area contributed by atoms with E-state index in [1.54, 1.807) is 4.68 Å². The summed E-state index contributed by atoms with van der Waals surface area (Å²) in [7, 11) is -3.57. The van der Waals surface area contributed by atoms with Crippen LogP contribution in [0.25, 0.3) is 0 Å². The van der Waals surface area contributed by atoms with Crippen molar-refractivity contribution in [3.8, 4) is 5.88 Å². The molecule has 10 heteroatoms. The van der Waals surface area contributed by atoms with E-state index in [1.807, 2.05) is 13.8 Å². The van der Waals surface area contributed by atoms with Crippen LogP contribution in [0.15, 0.2) is 21.5 Å². The number of nitrogens with zero attached hydrogens (tertiary/aromatic N) is 3. The molecule has 2 aromatic rings. The Kier molecular flexibility index (Phi) is 4.24. The fraction of sp³-hybridized carbons (Fsp3) is 0.500. The molecule has 2 heterocycles. The number of carbonyl (C=O) groups is 1. The molecule has 0 spiro atoms. The molecule has 1 aliphatic heterocycles. The average Bonchev–Trinajstić information content (AvgIpc) is 3.36. The van der Waals surface area contributed by atoms with E-state index < -0.39 is 27.7 Å². The largest absolute Gasteiger partial charge is 0.469 e. The van der Waals surface area contributed by atoms with E-state index in [2.05, 4.69) is 20.8 Å². The molecule has 2 atom stereocenters. The lowest BCUT2D eigenvalue weighted by Gasteiger charge is -2.16. The SMILES string of the molecule is CC1(C)Cn2ncc([S@@](N)(=O)=NC(=O)Nc3c4c(cc5c3C[C@@H](F)C5)CCC4)c2O1. The van der Waals surface area contributed by atoms with Gasteiger partial charge < -0.3 is 10.1 Å². The van der Waals surface area contributed by atoms with Gasteiger partial charge in [-0.3, -0.25) is 0 Å². The van der Waals surface area contributed by atoms with Crippen LogP contribution in [0.2, 0.25) is 0 Å². The highest BCUT2D eigenvalue weighted by Crippen LogP contribution is 2.39. The summed E-state index contributed by atoms with van der Waals surface area (Å²) in [6.45, 7) is 4.24. The second-order valence-corrected chi connectivity index (χ2v) is 10.6. The number of alkyl halides is 1. The predicted molar refractivity (Wildman–Crippen MR) is 110 cm³/mol. The number of halogens is 1. The van der Waals surface area contributed by atoms with Crippen molar-refractivity contribution in [3.05, 3.63) is 34.5 Å². The summed E-state index contributed by atoms with van der Waals surface area (Å²) in [6, 6.07) is 1.25. The number of benzene rings is 1. The van der Waals surface area contributed by atoms with Gasteiger partial charge in [-0.1, -0.05) is 6.07 Å². The molecule has 3 aliphatic rings. The smallest absolute Gasteiger partial charge is 0.354 e. The maximum absolute atomic E-state index is 14.0. The van der Waals surface area contributed by atoms with E-state index >= 15 is 0 Å². The highest BCUT2D eigenvalue weighted by atomic mass is 32.2. The number of rotatable bonds is 2. The minimum absolute atomic E-state index is 0.0931. The zero-order valence-electron chi connectivity index (χ0n) is 16.9. The first kappa shape index (κ1) is 19.5. The minimum atomic E-state index is -3.57. The highest BCUT2D eigenvalue weighted by molar-refractivity contribution is 7.91. The molecule has 160 valence electrons. The molecule has 2 aliphatic carbocycles. The van der Waals surface area contributed by atoms with Crippen molar-refractivity contribution >= 4 is 21.6 Å². The monoisotopic (exact) mass is 433 g/mol. The Bertz CT molecular complexity index is 1200. The highest BCUT2D eigenvalue weighted by Gasteiger charge is 2.36. The van der Waals surface area contributed by atoms with Crippen LogP contribution in [-0.4, -0.2) is 31.8 Å². The molecule has 0 saturated carbocycles. The van der Waals surface area contributed by atoms with Gasteiger partial charge in [-0.05, 0) is 55.4 Å². The normalized spacial score (nSPS) is 22.6. The van der Waals surface area contributed by atoms with Crippen molar-refractivity contribution < 1.29 is 18.1 Å². The van der Waals surface area contributed by atoms with Gasteiger partial charge in [-0.25, -0.2) is 23.2 Å². The van der Waals surface area contributed by atoms with Crippen molar-refractivity contribution in [2.75, 3.05) is 5.32 Å². The van der Waals surface area contributed by atoms with Gasteiger partial charge in [-0.2, -0.15) is 5.10 Å². The Labute approximate surface area is 174 Å². The molecule has 0 unspecified atom stereocenters. The summed E-state index contributed by atoms with van der Waals surface area (Å²) >= 11 is 0. The van der Waals surface area contributed by atoms with Crippen LogP contribution >= 0.6 is 0 Å². The molecule has 3 N–H and O–H groups in total. The standard InChI is InChI=1S/C20H24FN5O3S/c1-20(2)10-26-18(29-20)16(9-23-26)30(22,28)25-19(27)24-17-14-5-3-4-11(14)6-12-7-13(21)8-15(12)17/h6,9,13H,3-5,7-8,10H2,1-2H3,(H3,22,24,25,27,28)/t13-,30-/m0/s1. The molecule has 8 nitrogen and oxygen atoms in total. The third-order valence-electron chi connectivity index (χ3n) is 5.90. The number of anilines is 1. The van der Waals surface area contributed by atoms with Gasteiger partial charge in [-0.15, -0.1) is 4.36 Å². The van der Waals surface area contributed by atoms with Gasteiger partial charge in [0.2, 0.25) is 5.88 Å². The number of urea groups is 1. The lowest BCUT2D eigenvalue weighted by atomic mass is 9.99. The van der Waals surface area contributed by atoms with Crippen molar-refractivity contribution in [1.82, 2.24) is 9.78 Å². The average molecular weight is 434 g/mol. The number of aromatic nitrogens is 2. The van der Waals surface area contributed by atoms with Crippen LogP contribution in [0.5, 0.6) is 5.88 Å². The Morgan fingerprint density at radius 1 is 1.37 bits per heavy atom. The van der Waals surface area contributed by atoms with Crippen LogP contribution in [0, 0.1) is 0 Å². The maximum Gasteiger partial charge on any atom is 0.354 e. The summed E-state index contributed by atoms with van der Waals surface area (Å²) in [5.74, 6) is 0.269. The van der Waals surface area contributed by atoms with Gasteiger partial charge in [0.25, 0.3) is 0 Å². The van der Waals surface area contributed by atoms with E-state index in [4.69, 9.17) is 9.88 Å². The zero-order valence-corrected chi connectivity index (χ0v) is 17.7. The van der Waals surface area contributed by atoms with Crippen molar-refractivity contribution in [1.29, 1.82) is 0 Å². The molecular formula is C20H24FN5O3S. The number of amides is 2. The Balaban J connectivity index is 1.48. The molecule has 5 rings (SSSR count). The summed E-state index contributed by atoms with van der Waals surface area (Å²) in [5, 5.41) is 12.9. The fourth-order valence-electron chi connectivity index (χ4n) is 4.68. The van der Waals surface area contributed by atoms with Crippen LogP contribution < -0.4 is 15.2 Å². The van der Waals surface area contributed by atoms with Gasteiger partial charge >= 0.3 is 6.03 Å². The Hall–Kier alpha value is -2.46. The van der Waals surface area contributed by atoms with Gasteiger partial charge in [0, 0.05) is 18.5 Å². The zero-order chi connectivity index (χ0) is 21.3. The quantitative estimate of drug-likeness (QED) is 0.758. The summed E-state index contributed by atoms with van der Waals surface area (Å²) in [4.78, 5) is 12.8. The molecule has 1 aromatic carbocycles. The summed E-state index contributed by atoms with van der Waals surface area (Å²) in [6.07, 6.45) is 3.69. The van der Waals surface area contributed by atoms with Crippen LogP contribution in [0.4, 0.5) is 14.9 Å². The van der Waals surface area contributed by atoms with Crippen molar-refractivity contribution in [2.45, 2.75) is 69.2 Å². The first-order chi connectivity index (χ1) is 14.1. The van der Waals surface area contributed by atoms with E-state index in [0.717, 1.165) is 41.5 Å². The van der Waals surface area contributed by atoms with Crippen molar-refractivity contribution in [3.63, 3.8) is 0 Å². The molecule has 30 heavy (non-hydrogen) atoms. The number of ether oxygens (including phenoxy) is 1. The van der Waals surface area contributed by atoms with E-state index in [9.17, 15) is 13.4 Å². The van der Waals surface area contributed by atoms with E-state index in [0.29, 0.717) is 18.7 Å². The second kappa shape index (κ2) is 6.52. The lowest BCUT2D eigenvalue weighted by Crippen LogP contribution is -2.27. The number of nitrogens with one attached hydrogen (secondary N) is 1. The number of carbonyl (C=O) groups excluding carboxylic acids is 1. The fourth-order valence-corrected chi connectivity index (χ4v) is 5.67. The number of aryl methyl sites for hydroxylation is 1. The molecule has 1 aromatic heterocycles. The third-order valence-corrected chi connectivity index (χ3v) is 7.24. The van der Waals surface area contributed by atoms with Gasteiger partial charge in [0.05, 0.1) is 12.7 Å². The minimum Gasteiger partial charge on any atom is -0.469 e. The third kappa shape index (κ3) is 3.18. The van der Waals surface area contributed by atoms with E-state index in [-0.39, 0.29) is 17.2 Å². The molecule has 2 amide bonds. The molecule has 0 saturated heterocycles. The van der Waals surface area contributed by atoms with Crippen LogP contribution in [0.1, 0.15) is 42.5 Å². The Morgan fingerprint density at radius 2 is 2.17 bits per heavy atom. The topological polar surface area (TPSA) is 112 Å². The first-order valence-electron chi connectivity index (χ1n) is 10.0. The Morgan fingerprint density at radius 3 is 2.97 bits per heavy atom. The second-order valence-electron chi connectivity index (χ2n) is 8.81. The number of fused-ring (bicyclic) bond motifs is 3. The number of nitrogens with two attached hydrogens (primary N) is 1.